The van der Waals surface area contributed by atoms with E-state index in [1.54, 1.807) is 26.0 Å². The molecule has 1 N–H and O–H groups in total. The molecule has 0 aliphatic carbocycles. The number of thiocarbonyl (C=S) groups is 1. The minimum atomic E-state index is 0.0453. The molecule has 0 bridgehead atoms. The summed E-state index contributed by atoms with van der Waals surface area (Å²) in [6, 6.07) is 3.72. The van der Waals surface area contributed by atoms with Crippen LogP contribution in [0.5, 0.6) is 17.2 Å². The highest BCUT2D eigenvalue weighted by Gasteiger charge is 2.19. The Kier molecular flexibility index (Phi) is 6.16. The van der Waals surface area contributed by atoms with E-state index in [9.17, 15) is 5.11 Å². The van der Waals surface area contributed by atoms with E-state index in [0.29, 0.717) is 11.5 Å². The van der Waals surface area contributed by atoms with Gasteiger partial charge in [0.15, 0.2) is 11.5 Å². The maximum Gasteiger partial charge on any atom is 0.200 e. The van der Waals surface area contributed by atoms with E-state index in [1.807, 2.05) is 18.4 Å². The van der Waals surface area contributed by atoms with Crippen molar-refractivity contribution in [1.82, 2.24) is 9.80 Å². The third-order valence-corrected chi connectivity index (χ3v) is 5.12. The van der Waals surface area contributed by atoms with Crippen LogP contribution >= 0.6 is 24.0 Å². The Morgan fingerprint density at radius 1 is 1.18 bits per heavy atom. The van der Waals surface area contributed by atoms with Crippen molar-refractivity contribution in [2.75, 3.05) is 46.7 Å². The van der Waals surface area contributed by atoms with Gasteiger partial charge in [0.05, 0.1) is 14.2 Å². The number of hydrogen-bond donors (Lipinski definition) is 1. The Balaban J connectivity index is 2.01. The Bertz CT molecular complexity index is 507. The molecule has 1 aliphatic heterocycles. The van der Waals surface area contributed by atoms with E-state index < -0.39 is 0 Å². The largest absolute Gasteiger partial charge is 0.502 e. The molecule has 0 saturated carbocycles. The maximum atomic E-state index is 9.96. The highest BCUT2D eigenvalue weighted by Crippen LogP contribution is 2.37. The second-order valence-corrected chi connectivity index (χ2v) is 6.52. The molecule has 1 fully saturated rings. The number of nitrogens with zero attached hydrogens (tertiary/aromatic N) is 2. The molecule has 1 aliphatic rings. The smallest absolute Gasteiger partial charge is 0.200 e. The summed E-state index contributed by atoms with van der Waals surface area (Å²) in [4.78, 5) is 4.61. The number of rotatable bonds is 4. The lowest BCUT2D eigenvalue weighted by Gasteiger charge is -2.35. The van der Waals surface area contributed by atoms with Gasteiger partial charge < -0.3 is 19.5 Å². The highest BCUT2D eigenvalue weighted by atomic mass is 32.2. The summed E-state index contributed by atoms with van der Waals surface area (Å²) in [6.45, 7) is 4.63. The van der Waals surface area contributed by atoms with Crippen molar-refractivity contribution in [2.45, 2.75) is 6.54 Å². The fourth-order valence-electron chi connectivity index (χ4n) is 2.51. The van der Waals surface area contributed by atoms with E-state index in [1.165, 1.54) is 0 Å². The molecular weight excluding hydrogens is 320 g/mol. The number of hydrogen-bond acceptors (Lipinski definition) is 6. The van der Waals surface area contributed by atoms with Crippen molar-refractivity contribution in [3.8, 4) is 17.2 Å². The minimum absolute atomic E-state index is 0.0453. The van der Waals surface area contributed by atoms with E-state index in [-0.39, 0.29) is 5.75 Å². The molecule has 122 valence electrons. The van der Waals surface area contributed by atoms with E-state index in [4.69, 9.17) is 21.7 Å². The van der Waals surface area contributed by atoms with Crippen LogP contribution in [0.4, 0.5) is 0 Å². The van der Waals surface area contributed by atoms with Gasteiger partial charge in [0.1, 0.15) is 4.32 Å². The van der Waals surface area contributed by atoms with Crippen molar-refractivity contribution >= 4 is 28.3 Å². The second-order valence-electron chi connectivity index (χ2n) is 5.08. The van der Waals surface area contributed by atoms with Crippen molar-refractivity contribution in [2.24, 2.45) is 0 Å². The SMILES string of the molecule is COc1cc(CN2CCN(C(=S)SC)CC2)cc(OC)c1O. The normalized spacial score (nSPS) is 15.7. The molecule has 1 aromatic carbocycles. The zero-order valence-electron chi connectivity index (χ0n) is 13.2. The van der Waals surface area contributed by atoms with E-state index in [2.05, 4.69) is 9.80 Å². The van der Waals surface area contributed by atoms with Crippen molar-refractivity contribution in [1.29, 1.82) is 0 Å². The minimum Gasteiger partial charge on any atom is -0.502 e. The van der Waals surface area contributed by atoms with Crippen LogP contribution in [0.3, 0.4) is 0 Å². The van der Waals surface area contributed by atoms with Gasteiger partial charge in [0, 0.05) is 32.7 Å². The topological polar surface area (TPSA) is 45.2 Å². The third-order valence-electron chi connectivity index (χ3n) is 3.75. The highest BCUT2D eigenvalue weighted by molar-refractivity contribution is 8.22. The number of phenols is 1. The first kappa shape index (κ1) is 17.2. The van der Waals surface area contributed by atoms with Crippen LogP contribution < -0.4 is 9.47 Å². The van der Waals surface area contributed by atoms with Gasteiger partial charge in [-0.1, -0.05) is 12.2 Å². The van der Waals surface area contributed by atoms with Crippen molar-refractivity contribution < 1.29 is 14.6 Å². The standard InChI is InChI=1S/C15H22N2O3S2/c1-19-12-8-11(9-13(20-2)14(12)18)10-16-4-6-17(7-5-16)15(21)22-3/h8-9,18H,4-7,10H2,1-3H3. The van der Waals surface area contributed by atoms with Gasteiger partial charge in [-0.15, -0.1) is 11.8 Å². The Hall–Kier alpha value is -1.18. The molecule has 0 atom stereocenters. The molecule has 22 heavy (non-hydrogen) atoms. The molecule has 2 rings (SSSR count). The maximum absolute atomic E-state index is 9.96. The first-order valence-electron chi connectivity index (χ1n) is 7.08. The summed E-state index contributed by atoms with van der Waals surface area (Å²) in [6.07, 6.45) is 2.02. The Labute approximate surface area is 141 Å². The summed E-state index contributed by atoms with van der Waals surface area (Å²) in [5.74, 6) is 0.928. The molecule has 5 nitrogen and oxygen atoms in total. The van der Waals surface area contributed by atoms with E-state index >= 15 is 0 Å². The number of aromatic hydroxyl groups is 1. The van der Waals surface area contributed by atoms with Crippen LogP contribution in [0.15, 0.2) is 12.1 Å². The lowest BCUT2D eigenvalue weighted by atomic mass is 10.1. The Morgan fingerprint density at radius 2 is 1.73 bits per heavy atom. The van der Waals surface area contributed by atoms with Gasteiger partial charge in [0.2, 0.25) is 5.75 Å². The molecule has 0 radical (unpaired) electrons. The van der Waals surface area contributed by atoms with Crippen LogP contribution in [0, 0.1) is 0 Å². The van der Waals surface area contributed by atoms with Gasteiger partial charge >= 0.3 is 0 Å². The number of methoxy groups -OCH3 is 2. The van der Waals surface area contributed by atoms with Crippen LogP contribution in [0.2, 0.25) is 0 Å². The van der Waals surface area contributed by atoms with Gasteiger partial charge in [-0.05, 0) is 24.0 Å². The molecule has 1 heterocycles. The van der Waals surface area contributed by atoms with Crippen LogP contribution in [-0.2, 0) is 6.54 Å². The fraction of sp³-hybridized carbons (Fsp3) is 0.533. The zero-order valence-corrected chi connectivity index (χ0v) is 14.8. The number of thioether (sulfide) groups is 1. The third kappa shape index (κ3) is 3.97. The summed E-state index contributed by atoms with van der Waals surface area (Å²) >= 11 is 6.96. The summed E-state index contributed by atoms with van der Waals surface area (Å²) in [5.41, 5.74) is 1.06. The lowest BCUT2D eigenvalue weighted by Crippen LogP contribution is -2.47. The van der Waals surface area contributed by atoms with Gasteiger partial charge in [0.25, 0.3) is 0 Å². The zero-order chi connectivity index (χ0) is 16.1. The molecule has 1 aromatic rings. The summed E-state index contributed by atoms with van der Waals surface area (Å²) in [7, 11) is 3.08. The van der Waals surface area contributed by atoms with Crippen LogP contribution in [-0.4, -0.2) is 65.9 Å². The fourth-order valence-corrected chi connectivity index (χ4v) is 3.14. The molecule has 0 spiro atoms. The van der Waals surface area contributed by atoms with Gasteiger partial charge in [-0.3, -0.25) is 4.90 Å². The predicted molar refractivity (Wildman–Crippen MR) is 94.2 cm³/mol. The summed E-state index contributed by atoms with van der Waals surface area (Å²) in [5, 5.41) is 9.96. The molecule has 0 aromatic heterocycles. The van der Waals surface area contributed by atoms with Gasteiger partial charge in [-0.25, -0.2) is 0 Å². The summed E-state index contributed by atoms with van der Waals surface area (Å²) < 4.78 is 11.4. The average molecular weight is 342 g/mol. The molecule has 0 amide bonds. The second kappa shape index (κ2) is 7.89. The Morgan fingerprint density at radius 3 is 2.18 bits per heavy atom. The van der Waals surface area contributed by atoms with E-state index in [0.717, 1.165) is 42.6 Å². The number of ether oxygens (including phenoxy) is 2. The molecular formula is C15H22N2O3S2. The van der Waals surface area contributed by atoms with Crippen molar-refractivity contribution in [3.63, 3.8) is 0 Å². The number of piperazine rings is 1. The van der Waals surface area contributed by atoms with Gasteiger partial charge in [-0.2, -0.15) is 0 Å². The van der Waals surface area contributed by atoms with Crippen molar-refractivity contribution in [3.05, 3.63) is 17.7 Å². The molecule has 7 heteroatoms. The molecule has 0 unspecified atom stereocenters. The lowest BCUT2D eigenvalue weighted by molar-refractivity contribution is 0.178. The first-order chi connectivity index (χ1) is 10.6. The number of phenolic OH excluding ortho intramolecular Hbond substituents is 1. The number of benzene rings is 1. The van der Waals surface area contributed by atoms with Crippen LogP contribution in [0.1, 0.15) is 5.56 Å². The molecule has 1 saturated heterocycles. The average Bonchev–Trinajstić information content (AvgIpc) is 2.56. The quantitative estimate of drug-likeness (QED) is 0.842. The van der Waals surface area contributed by atoms with Crippen LogP contribution in [0.25, 0.3) is 0 Å². The first-order valence-corrected chi connectivity index (χ1v) is 8.71. The predicted octanol–water partition coefficient (Wildman–Crippen LogP) is 2.17. The monoisotopic (exact) mass is 342 g/mol.